The lowest BCUT2D eigenvalue weighted by molar-refractivity contribution is 0.00898. The van der Waals surface area contributed by atoms with Gasteiger partial charge in [0.2, 0.25) is 0 Å². The molecule has 0 fully saturated rings. The van der Waals surface area contributed by atoms with Crippen molar-refractivity contribution in [2.45, 2.75) is 64.5 Å². The number of methoxy groups -OCH3 is 1. The fraction of sp³-hybridized carbons (Fsp3) is 0.611. The number of hydrogen-bond acceptors (Lipinski definition) is 4. The van der Waals surface area contributed by atoms with Crippen LogP contribution in [0, 0.1) is 0 Å². The normalized spacial score (nSPS) is 15.6. The van der Waals surface area contributed by atoms with Crippen LogP contribution in [0.3, 0.4) is 0 Å². The molecule has 7 heteroatoms. The van der Waals surface area contributed by atoms with Crippen molar-refractivity contribution in [3.63, 3.8) is 0 Å². The minimum Gasteiger partial charge on any atom is -0.598 e. The molecule has 25 heavy (non-hydrogen) atoms. The number of hydrogen-bond donors (Lipinski definition) is 1. The van der Waals surface area contributed by atoms with E-state index < -0.39 is 11.4 Å². The van der Waals surface area contributed by atoms with Gasteiger partial charge >= 0.3 is 0 Å². The third-order valence-corrected chi connectivity index (χ3v) is 6.25. The first-order chi connectivity index (χ1) is 11.4. The van der Waals surface area contributed by atoms with E-state index in [0.717, 1.165) is 21.2 Å². The molecule has 0 aliphatic rings. The highest BCUT2D eigenvalue weighted by Gasteiger charge is 2.30. The number of fused-ring (bicyclic) bond motifs is 1. The van der Waals surface area contributed by atoms with Crippen LogP contribution < -0.4 is 4.72 Å². The second-order valence-corrected chi connectivity index (χ2v) is 10.7. The van der Waals surface area contributed by atoms with Gasteiger partial charge in [0.15, 0.2) is 0 Å². The third-order valence-electron chi connectivity index (χ3n) is 4.13. The van der Waals surface area contributed by atoms with E-state index in [2.05, 4.69) is 42.5 Å². The molecule has 0 unspecified atom stereocenters. The summed E-state index contributed by atoms with van der Waals surface area (Å²) in [6.45, 7) is 12.7. The van der Waals surface area contributed by atoms with Crippen molar-refractivity contribution < 1.29 is 9.29 Å². The Morgan fingerprint density at radius 2 is 1.96 bits per heavy atom. The van der Waals surface area contributed by atoms with Crippen LogP contribution in [-0.4, -0.2) is 31.6 Å². The van der Waals surface area contributed by atoms with E-state index in [4.69, 9.17) is 4.74 Å². The van der Waals surface area contributed by atoms with Crippen LogP contribution in [0.15, 0.2) is 22.9 Å². The topological polar surface area (TPSA) is 62.1 Å². The molecular weight excluding hydrogens is 402 g/mol. The SMILES string of the molecule is COC(C)(C)Cn1cc([C@@H](C)N[S@@+]([O-])C(C)(C)C)c2ccc(Br)nc21. The summed E-state index contributed by atoms with van der Waals surface area (Å²) in [6, 6.07) is 3.93. The van der Waals surface area contributed by atoms with E-state index in [1.807, 2.05) is 47.6 Å². The van der Waals surface area contributed by atoms with E-state index in [-0.39, 0.29) is 16.4 Å². The van der Waals surface area contributed by atoms with Gasteiger partial charge in [0.1, 0.15) is 15.0 Å². The molecule has 1 N–H and O–H groups in total. The molecule has 0 bridgehead atoms. The molecule has 0 aliphatic carbocycles. The van der Waals surface area contributed by atoms with Crippen molar-refractivity contribution in [1.29, 1.82) is 0 Å². The number of halogens is 1. The quantitative estimate of drug-likeness (QED) is 0.547. The van der Waals surface area contributed by atoms with Crippen LogP contribution in [0.4, 0.5) is 0 Å². The number of nitrogens with zero attached hydrogens (tertiary/aromatic N) is 2. The summed E-state index contributed by atoms with van der Waals surface area (Å²) in [5.41, 5.74) is 1.67. The summed E-state index contributed by atoms with van der Waals surface area (Å²) >= 11 is 2.32. The molecule has 2 rings (SSSR count). The maximum absolute atomic E-state index is 12.5. The van der Waals surface area contributed by atoms with Crippen molar-refractivity contribution in [2.24, 2.45) is 0 Å². The van der Waals surface area contributed by atoms with Crippen LogP contribution in [0.25, 0.3) is 11.0 Å². The highest BCUT2D eigenvalue weighted by molar-refractivity contribution is 9.10. The van der Waals surface area contributed by atoms with Crippen LogP contribution >= 0.6 is 15.9 Å². The van der Waals surface area contributed by atoms with Gasteiger partial charge in [-0.2, -0.15) is 0 Å². The fourth-order valence-corrected chi connectivity index (χ4v) is 3.61. The Balaban J connectivity index is 2.43. The van der Waals surface area contributed by atoms with Gasteiger partial charge < -0.3 is 13.9 Å². The summed E-state index contributed by atoms with van der Waals surface area (Å²) in [5, 5.41) is 1.06. The lowest BCUT2D eigenvalue weighted by Gasteiger charge is -2.26. The molecule has 0 spiro atoms. The highest BCUT2D eigenvalue weighted by atomic mass is 79.9. The summed E-state index contributed by atoms with van der Waals surface area (Å²) in [6.07, 6.45) is 2.09. The van der Waals surface area contributed by atoms with Crippen LogP contribution in [0.5, 0.6) is 0 Å². The maximum Gasteiger partial charge on any atom is 0.141 e. The first-order valence-corrected chi connectivity index (χ1v) is 10.3. The average molecular weight is 430 g/mol. The number of aromatic nitrogens is 2. The Morgan fingerprint density at radius 3 is 2.52 bits per heavy atom. The molecule has 0 amide bonds. The van der Waals surface area contributed by atoms with Crippen LogP contribution in [0.1, 0.15) is 53.1 Å². The second kappa shape index (κ2) is 7.56. The third kappa shape index (κ3) is 4.98. The van der Waals surface area contributed by atoms with Crippen molar-refractivity contribution in [1.82, 2.24) is 14.3 Å². The second-order valence-electron chi connectivity index (χ2n) is 7.90. The minimum absolute atomic E-state index is 0.0579. The first kappa shape index (κ1) is 20.7. The smallest absolute Gasteiger partial charge is 0.141 e. The lowest BCUT2D eigenvalue weighted by atomic mass is 10.1. The van der Waals surface area contributed by atoms with Crippen molar-refractivity contribution in [2.75, 3.05) is 7.11 Å². The maximum atomic E-state index is 12.5. The van der Waals surface area contributed by atoms with Gasteiger partial charge in [0.25, 0.3) is 0 Å². The van der Waals surface area contributed by atoms with Gasteiger partial charge in [0.05, 0.1) is 18.2 Å². The number of nitrogens with one attached hydrogen (secondary N) is 1. The molecule has 2 atom stereocenters. The van der Waals surface area contributed by atoms with Gasteiger partial charge in [-0.15, -0.1) is 4.72 Å². The average Bonchev–Trinajstić information content (AvgIpc) is 2.83. The van der Waals surface area contributed by atoms with Gasteiger partial charge in [-0.05, 0) is 69.6 Å². The number of pyridine rings is 1. The molecule has 2 heterocycles. The van der Waals surface area contributed by atoms with Crippen molar-refractivity contribution in [3.8, 4) is 0 Å². The predicted molar refractivity (Wildman–Crippen MR) is 108 cm³/mol. The van der Waals surface area contributed by atoms with Gasteiger partial charge in [-0.25, -0.2) is 4.98 Å². The summed E-state index contributed by atoms with van der Waals surface area (Å²) in [4.78, 5) is 4.65. The van der Waals surface area contributed by atoms with Gasteiger partial charge in [-0.1, -0.05) is 0 Å². The molecule has 0 radical (unpaired) electrons. The summed E-state index contributed by atoms with van der Waals surface area (Å²) < 4.78 is 23.9. The number of ether oxygens (including phenoxy) is 1. The molecule has 0 aromatic carbocycles. The Labute approximate surface area is 162 Å². The van der Waals surface area contributed by atoms with E-state index in [1.165, 1.54) is 0 Å². The minimum atomic E-state index is -1.14. The predicted octanol–water partition coefficient (Wildman–Crippen LogP) is 4.34. The summed E-state index contributed by atoms with van der Waals surface area (Å²) in [7, 11) is 1.71. The Morgan fingerprint density at radius 1 is 1.32 bits per heavy atom. The fourth-order valence-electron chi connectivity index (χ4n) is 2.51. The Bertz CT molecular complexity index is 740. The largest absolute Gasteiger partial charge is 0.598 e. The lowest BCUT2D eigenvalue weighted by Crippen LogP contribution is -2.40. The van der Waals surface area contributed by atoms with Crippen LogP contribution in [-0.2, 0) is 22.6 Å². The molecule has 0 saturated heterocycles. The molecular formula is C18H28BrN3O2S. The Kier molecular flexibility index (Phi) is 6.27. The standard InChI is InChI=1S/C18H28BrN3O2S/c1-12(21-25(23)17(2,3)4)14-10-22(11-18(5,6)24-7)16-13(14)8-9-15(19)20-16/h8-10,12,21H,11H2,1-7H3/t12-,25+/m1/s1. The van der Waals surface area contributed by atoms with Crippen molar-refractivity contribution in [3.05, 3.63) is 28.5 Å². The molecule has 2 aromatic heterocycles. The van der Waals surface area contributed by atoms with E-state index in [0.29, 0.717) is 6.54 Å². The van der Waals surface area contributed by atoms with E-state index in [9.17, 15) is 4.55 Å². The molecule has 5 nitrogen and oxygen atoms in total. The monoisotopic (exact) mass is 429 g/mol. The molecule has 0 saturated carbocycles. The zero-order valence-electron chi connectivity index (χ0n) is 16.0. The zero-order valence-corrected chi connectivity index (χ0v) is 18.4. The molecule has 140 valence electrons. The molecule has 2 aromatic rings. The number of rotatable bonds is 6. The van der Waals surface area contributed by atoms with Gasteiger partial charge in [0, 0.05) is 35.6 Å². The van der Waals surface area contributed by atoms with Crippen molar-refractivity contribution >= 4 is 38.3 Å². The Hall–Kier alpha value is -0.600. The molecule has 0 aliphatic heterocycles. The van der Waals surface area contributed by atoms with E-state index >= 15 is 0 Å². The first-order valence-electron chi connectivity index (χ1n) is 8.33. The zero-order chi connectivity index (χ0) is 19.0. The highest BCUT2D eigenvalue weighted by Crippen LogP contribution is 2.30. The summed E-state index contributed by atoms with van der Waals surface area (Å²) in [5.74, 6) is 0. The van der Waals surface area contributed by atoms with E-state index in [1.54, 1.807) is 7.11 Å². The van der Waals surface area contributed by atoms with Crippen LogP contribution in [0.2, 0.25) is 0 Å². The van der Waals surface area contributed by atoms with Gasteiger partial charge in [-0.3, -0.25) is 0 Å².